The Hall–Kier alpha value is -1.49. The maximum Gasteiger partial charge on any atom is 0.261 e. The Balaban J connectivity index is 1.25. The summed E-state index contributed by atoms with van der Waals surface area (Å²) in [5, 5.41) is 7.15. The fraction of sp³-hybridized carbons (Fsp3) is 0.636. The van der Waals surface area contributed by atoms with Gasteiger partial charge < -0.3 is 10.2 Å². The lowest BCUT2D eigenvalue weighted by Crippen LogP contribution is -2.56. The lowest BCUT2D eigenvalue weighted by molar-refractivity contribution is -0.130. The molecule has 1 aromatic rings. The summed E-state index contributed by atoms with van der Waals surface area (Å²) in [6.45, 7) is 2.18. The third kappa shape index (κ3) is 4.18. The van der Waals surface area contributed by atoms with Gasteiger partial charge in [0.25, 0.3) is 5.91 Å². The normalized spacial score (nSPS) is 32.6. The third-order valence-corrected chi connectivity index (χ3v) is 7.71. The first kappa shape index (κ1) is 18.9. The molecule has 4 fully saturated rings. The van der Waals surface area contributed by atoms with Gasteiger partial charge in [0.05, 0.1) is 6.21 Å². The quantitative estimate of drug-likeness (QED) is 0.427. The van der Waals surface area contributed by atoms with Crippen molar-refractivity contribution in [1.29, 1.82) is 0 Å². The van der Waals surface area contributed by atoms with E-state index in [1.54, 1.807) is 18.0 Å². The number of nitrogens with one attached hydrogen (secondary N) is 1. The highest BCUT2D eigenvalue weighted by molar-refractivity contribution is 7.98. The molecule has 27 heavy (non-hydrogen) atoms. The molecule has 0 unspecified atom stereocenters. The fourth-order valence-corrected chi connectivity index (χ4v) is 6.44. The highest BCUT2D eigenvalue weighted by Gasteiger charge is 2.53. The molecule has 1 amide bonds. The van der Waals surface area contributed by atoms with Gasteiger partial charge in [0, 0.05) is 10.9 Å². The fourth-order valence-electron chi connectivity index (χ4n) is 6.03. The molecule has 146 valence electrons. The Kier molecular flexibility index (Phi) is 5.49. The van der Waals surface area contributed by atoms with E-state index >= 15 is 0 Å². The molecule has 0 aliphatic heterocycles. The summed E-state index contributed by atoms with van der Waals surface area (Å²) >= 11 is 1.71. The van der Waals surface area contributed by atoms with Crippen LogP contribution in [-0.2, 0) is 9.63 Å². The van der Waals surface area contributed by atoms with Gasteiger partial charge in [-0.15, -0.1) is 11.8 Å². The molecule has 4 nitrogen and oxygen atoms in total. The molecule has 0 heterocycles. The number of benzene rings is 1. The van der Waals surface area contributed by atoms with Crippen LogP contribution in [0.1, 0.15) is 51.0 Å². The van der Waals surface area contributed by atoms with Crippen LogP contribution in [-0.4, -0.2) is 31.0 Å². The first-order chi connectivity index (χ1) is 13.1. The molecule has 0 spiro atoms. The van der Waals surface area contributed by atoms with Gasteiger partial charge in [-0.25, -0.2) is 0 Å². The molecule has 4 aliphatic carbocycles. The van der Waals surface area contributed by atoms with E-state index in [2.05, 4.69) is 23.7 Å². The summed E-state index contributed by atoms with van der Waals surface area (Å²) in [4.78, 5) is 18.8. The Labute approximate surface area is 166 Å². The van der Waals surface area contributed by atoms with Crippen molar-refractivity contribution in [1.82, 2.24) is 5.32 Å². The molecular formula is C22H30N2O2S. The number of carbonyl (C=O) groups is 1. The van der Waals surface area contributed by atoms with E-state index in [0.29, 0.717) is 5.41 Å². The Morgan fingerprint density at radius 2 is 1.81 bits per heavy atom. The van der Waals surface area contributed by atoms with Gasteiger partial charge >= 0.3 is 0 Å². The molecule has 0 radical (unpaired) electrons. The van der Waals surface area contributed by atoms with Gasteiger partial charge in [0.2, 0.25) is 0 Å². The number of nitrogens with zero attached hydrogens (tertiary/aromatic N) is 1. The van der Waals surface area contributed by atoms with Crippen LogP contribution in [0.2, 0.25) is 0 Å². The van der Waals surface area contributed by atoms with Crippen molar-refractivity contribution in [2.45, 2.75) is 56.4 Å². The zero-order valence-corrected chi connectivity index (χ0v) is 17.1. The Morgan fingerprint density at radius 1 is 1.22 bits per heavy atom. The summed E-state index contributed by atoms with van der Waals surface area (Å²) in [7, 11) is 0. The molecular weight excluding hydrogens is 356 g/mol. The number of thioether (sulfide) groups is 1. The number of oxime groups is 1. The van der Waals surface area contributed by atoms with Gasteiger partial charge in [-0.05, 0) is 92.6 Å². The van der Waals surface area contributed by atoms with E-state index < -0.39 is 0 Å². The van der Waals surface area contributed by atoms with Gasteiger partial charge in [-0.1, -0.05) is 17.3 Å². The Morgan fingerprint density at radius 3 is 2.37 bits per heavy atom. The number of amides is 1. The van der Waals surface area contributed by atoms with Crippen LogP contribution in [0.4, 0.5) is 0 Å². The van der Waals surface area contributed by atoms with Gasteiger partial charge in [0.15, 0.2) is 6.61 Å². The van der Waals surface area contributed by atoms with Crippen LogP contribution in [0.25, 0.3) is 0 Å². The van der Waals surface area contributed by atoms with Crippen molar-refractivity contribution in [3.63, 3.8) is 0 Å². The molecule has 4 saturated carbocycles. The Bertz CT molecular complexity index is 665. The van der Waals surface area contributed by atoms with Gasteiger partial charge in [-0.3, -0.25) is 4.79 Å². The van der Waals surface area contributed by atoms with Crippen molar-refractivity contribution in [3.05, 3.63) is 29.8 Å². The average molecular weight is 387 g/mol. The standard InChI is InChI=1S/C22H30N2O2S/c1-15(22-10-17-7-18(11-22)9-19(8-17)12-22)24-21(25)14-26-23-13-16-3-5-20(27-2)6-4-16/h3-6,13,15,17-19H,7-12,14H2,1-2H3,(H,24,25)/t15-,17?,18?,19?,22?/m0/s1. The number of carbonyl (C=O) groups excluding carboxylic acids is 1. The second kappa shape index (κ2) is 7.86. The SMILES string of the molecule is CSc1ccc(C=NOCC(=O)N[C@@H](C)C23CC4CC(CC(C4)C2)C3)cc1. The monoisotopic (exact) mass is 386 g/mol. The van der Waals surface area contributed by atoms with Crippen molar-refractivity contribution in [3.8, 4) is 0 Å². The zero-order valence-electron chi connectivity index (χ0n) is 16.3. The topological polar surface area (TPSA) is 50.7 Å². The predicted molar refractivity (Wildman–Crippen MR) is 110 cm³/mol. The second-order valence-corrected chi connectivity index (χ2v) is 9.73. The van der Waals surface area contributed by atoms with E-state index in [9.17, 15) is 4.79 Å². The summed E-state index contributed by atoms with van der Waals surface area (Å²) in [5.41, 5.74) is 1.29. The van der Waals surface area contributed by atoms with Crippen LogP contribution in [0.15, 0.2) is 34.3 Å². The number of hydrogen-bond acceptors (Lipinski definition) is 4. The van der Waals surface area contributed by atoms with Crippen molar-refractivity contribution in [2.24, 2.45) is 28.3 Å². The second-order valence-electron chi connectivity index (χ2n) is 8.85. The van der Waals surface area contributed by atoms with Crippen LogP contribution in [0.5, 0.6) is 0 Å². The van der Waals surface area contributed by atoms with Crippen molar-refractivity contribution >= 4 is 23.9 Å². The summed E-state index contributed by atoms with van der Waals surface area (Å²) in [6, 6.07) is 8.31. The number of hydrogen-bond donors (Lipinski definition) is 1. The third-order valence-electron chi connectivity index (χ3n) is 6.97. The van der Waals surface area contributed by atoms with E-state index in [-0.39, 0.29) is 18.6 Å². The average Bonchev–Trinajstić information content (AvgIpc) is 2.64. The molecule has 0 aromatic heterocycles. The minimum absolute atomic E-state index is 0.0178. The maximum absolute atomic E-state index is 12.3. The van der Waals surface area contributed by atoms with E-state index in [0.717, 1.165) is 23.3 Å². The molecule has 5 rings (SSSR count). The first-order valence-electron chi connectivity index (χ1n) is 10.1. The highest BCUT2D eigenvalue weighted by atomic mass is 32.2. The summed E-state index contributed by atoms with van der Waals surface area (Å²) < 4.78 is 0. The molecule has 4 bridgehead atoms. The lowest BCUT2D eigenvalue weighted by Gasteiger charge is -2.59. The van der Waals surface area contributed by atoms with Gasteiger partial charge in [-0.2, -0.15) is 0 Å². The van der Waals surface area contributed by atoms with Crippen LogP contribution < -0.4 is 5.32 Å². The van der Waals surface area contributed by atoms with Crippen LogP contribution in [0, 0.1) is 23.2 Å². The van der Waals surface area contributed by atoms with Crippen molar-refractivity contribution < 1.29 is 9.63 Å². The minimum Gasteiger partial charge on any atom is -0.386 e. The lowest BCUT2D eigenvalue weighted by atomic mass is 9.48. The molecule has 1 atom stereocenters. The summed E-state index contributed by atoms with van der Waals surface area (Å²) in [6.07, 6.45) is 11.9. The summed E-state index contributed by atoms with van der Waals surface area (Å²) in [5.74, 6) is 2.63. The molecule has 0 saturated heterocycles. The number of rotatable bonds is 7. The van der Waals surface area contributed by atoms with E-state index in [1.165, 1.54) is 43.4 Å². The largest absolute Gasteiger partial charge is 0.386 e. The van der Waals surface area contributed by atoms with E-state index in [4.69, 9.17) is 4.84 Å². The maximum atomic E-state index is 12.3. The van der Waals surface area contributed by atoms with Crippen LogP contribution in [0.3, 0.4) is 0 Å². The smallest absolute Gasteiger partial charge is 0.261 e. The van der Waals surface area contributed by atoms with E-state index in [1.807, 2.05) is 24.3 Å². The molecule has 4 aliphatic rings. The van der Waals surface area contributed by atoms with Crippen LogP contribution >= 0.6 is 11.8 Å². The van der Waals surface area contributed by atoms with Gasteiger partial charge in [0.1, 0.15) is 0 Å². The van der Waals surface area contributed by atoms with Crippen molar-refractivity contribution in [2.75, 3.05) is 12.9 Å². The minimum atomic E-state index is -0.0619. The zero-order chi connectivity index (χ0) is 18.9. The predicted octanol–water partition coefficient (Wildman–Crippen LogP) is 4.48. The molecule has 5 heteroatoms. The highest BCUT2D eigenvalue weighted by Crippen LogP contribution is 2.61. The molecule has 1 aromatic carbocycles. The first-order valence-corrected chi connectivity index (χ1v) is 11.4. The molecule has 1 N–H and O–H groups in total.